The first kappa shape index (κ1) is 24.9. The first-order valence-corrected chi connectivity index (χ1v) is 13.0. The van der Waals surface area contributed by atoms with E-state index in [0.29, 0.717) is 30.8 Å². The molecule has 0 radical (unpaired) electrons. The average molecular weight is 472 g/mol. The molecule has 1 aliphatic heterocycles. The second-order valence-electron chi connectivity index (χ2n) is 8.84. The van der Waals surface area contributed by atoms with Crippen molar-refractivity contribution in [1.82, 2.24) is 9.62 Å². The number of hydrogen-bond acceptors (Lipinski definition) is 4. The molecule has 3 rings (SSSR count). The lowest BCUT2D eigenvalue weighted by atomic mass is 10.0. The fraction of sp³-hybridized carbons (Fsp3) is 0.440. The molecule has 2 aromatic rings. The van der Waals surface area contributed by atoms with Gasteiger partial charge in [-0.25, -0.2) is 8.42 Å². The molecule has 1 fully saturated rings. The Balaban J connectivity index is 1.80. The number of hydrogen-bond donors (Lipinski definition) is 2. The summed E-state index contributed by atoms with van der Waals surface area (Å²) in [5.41, 5.74) is 1.02. The number of carbonyl (C=O) groups is 2. The van der Waals surface area contributed by atoms with Gasteiger partial charge in [0, 0.05) is 25.2 Å². The number of nitrogens with one attached hydrogen (secondary N) is 2. The Morgan fingerprint density at radius 1 is 0.939 bits per heavy atom. The van der Waals surface area contributed by atoms with Gasteiger partial charge in [-0.1, -0.05) is 63.1 Å². The maximum atomic E-state index is 13.2. The molecule has 33 heavy (non-hydrogen) atoms. The number of amides is 2. The molecule has 2 amide bonds. The molecule has 0 aliphatic carbocycles. The zero-order valence-corrected chi connectivity index (χ0v) is 20.1. The van der Waals surface area contributed by atoms with Gasteiger partial charge in [-0.2, -0.15) is 4.31 Å². The van der Waals surface area contributed by atoms with Crippen molar-refractivity contribution in [2.45, 2.75) is 56.9 Å². The number of anilines is 1. The normalized spacial score (nSPS) is 16.1. The highest BCUT2D eigenvalue weighted by Crippen LogP contribution is 2.24. The molecule has 178 valence electrons. The van der Waals surface area contributed by atoms with Crippen LogP contribution in [-0.2, 0) is 19.6 Å². The van der Waals surface area contributed by atoms with E-state index < -0.39 is 22.0 Å². The van der Waals surface area contributed by atoms with Gasteiger partial charge in [-0.15, -0.1) is 0 Å². The average Bonchev–Trinajstić information content (AvgIpc) is 3.08. The van der Waals surface area contributed by atoms with Crippen LogP contribution in [0.25, 0.3) is 0 Å². The van der Waals surface area contributed by atoms with Crippen molar-refractivity contribution in [2.75, 3.05) is 18.4 Å². The minimum Gasteiger partial charge on any atom is -0.341 e. The van der Waals surface area contributed by atoms with E-state index >= 15 is 0 Å². The van der Waals surface area contributed by atoms with E-state index in [-0.39, 0.29) is 16.7 Å². The van der Waals surface area contributed by atoms with Crippen LogP contribution in [0.3, 0.4) is 0 Å². The van der Waals surface area contributed by atoms with Crippen LogP contribution in [-0.4, -0.2) is 37.6 Å². The monoisotopic (exact) mass is 471 g/mol. The van der Waals surface area contributed by atoms with Crippen LogP contribution >= 0.6 is 0 Å². The second kappa shape index (κ2) is 11.4. The molecule has 1 heterocycles. The van der Waals surface area contributed by atoms with E-state index in [1.54, 1.807) is 42.5 Å². The highest BCUT2D eigenvalue weighted by molar-refractivity contribution is 7.89. The number of benzene rings is 2. The summed E-state index contributed by atoms with van der Waals surface area (Å²) in [5.74, 6) is -0.487. The Bertz CT molecular complexity index is 1050. The first-order chi connectivity index (χ1) is 15.8. The number of carbonyl (C=O) groups excluding carboxylic acids is 2. The van der Waals surface area contributed by atoms with Crippen molar-refractivity contribution in [3.8, 4) is 0 Å². The van der Waals surface area contributed by atoms with Gasteiger partial charge >= 0.3 is 0 Å². The van der Waals surface area contributed by atoms with Crippen LogP contribution in [0.5, 0.6) is 0 Å². The lowest BCUT2D eigenvalue weighted by Gasteiger charge is -2.21. The Morgan fingerprint density at radius 2 is 1.61 bits per heavy atom. The van der Waals surface area contributed by atoms with Crippen LogP contribution in [0.15, 0.2) is 59.5 Å². The number of rotatable bonds is 8. The Hall–Kier alpha value is -2.71. The lowest BCUT2D eigenvalue weighted by Crippen LogP contribution is -2.37. The molecular weight excluding hydrogens is 438 g/mol. The summed E-state index contributed by atoms with van der Waals surface area (Å²) in [6.07, 6.45) is 4.08. The fourth-order valence-corrected chi connectivity index (χ4v) is 5.48. The van der Waals surface area contributed by atoms with Crippen molar-refractivity contribution in [1.29, 1.82) is 0 Å². The zero-order chi connectivity index (χ0) is 23.8. The molecule has 8 heteroatoms. The lowest BCUT2D eigenvalue weighted by molar-refractivity contribution is -0.127. The van der Waals surface area contributed by atoms with E-state index in [4.69, 9.17) is 0 Å². The van der Waals surface area contributed by atoms with E-state index in [2.05, 4.69) is 10.6 Å². The zero-order valence-electron chi connectivity index (χ0n) is 19.3. The molecule has 1 unspecified atom stereocenters. The maximum Gasteiger partial charge on any atom is 0.251 e. The third kappa shape index (κ3) is 6.88. The minimum absolute atomic E-state index is 0.155. The van der Waals surface area contributed by atoms with Crippen LogP contribution in [0.2, 0.25) is 0 Å². The van der Waals surface area contributed by atoms with Gasteiger partial charge in [0.15, 0.2) is 0 Å². The van der Waals surface area contributed by atoms with Gasteiger partial charge in [0.25, 0.3) is 5.91 Å². The summed E-state index contributed by atoms with van der Waals surface area (Å²) < 4.78 is 27.8. The Labute approximate surface area is 196 Å². The molecule has 2 N–H and O–H groups in total. The van der Waals surface area contributed by atoms with E-state index in [0.717, 1.165) is 25.7 Å². The summed E-state index contributed by atoms with van der Waals surface area (Å²) in [6.45, 7) is 4.90. The van der Waals surface area contributed by atoms with Crippen molar-refractivity contribution in [3.63, 3.8) is 0 Å². The summed E-state index contributed by atoms with van der Waals surface area (Å²) >= 11 is 0. The highest BCUT2D eigenvalue weighted by atomic mass is 32.2. The topological polar surface area (TPSA) is 95.6 Å². The standard InChI is InChI=1S/C25H33N3O4S/c1-19(2)17-23(29)27-24(20-11-6-5-7-12-20)25(30)26-21-13-10-14-22(18-21)33(31,32)28-15-8-3-4-9-16-28/h5-7,10-14,18-19,24H,3-4,8-9,15-17H2,1-2H3,(H,26,30)(H,27,29). The molecule has 7 nitrogen and oxygen atoms in total. The number of nitrogens with zero attached hydrogens (tertiary/aromatic N) is 1. The third-order valence-corrected chi connectivity index (χ3v) is 7.49. The molecular formula is C25H33N3O4S. The van der Waals surface area contributed by atoms with E-state index in [1.165, 1.54) is 10.4 Å². The van der Waals surface area contributed by atoms with Gasteiger partial charge in [0.2, 0.25) is 15.9 Å². The predicted molar refractivity (Wildman–Crippen MR) is 129 cm³/mol. The number of sulfonamides is 1. The van der Waals surface area contributed by atoms with E-state index in [9.17, 15) is 18.0 Å². The molecule has 0 saturated carbocycles. The van der Waals surface area contributed by atoms with Crippen molar-refractivity contribution in [3.05, 3.63) is 60.2 Å². The van der Waals surface area contributed by atoms with Crippen LogP contribution in [0.1, 0.15) is 57.6 Å². The van der Waals surface area contributed by atoms with Gasteiger partial charge in [0.1, 0.15) is 6.04 Å². The van der Waals surface area contributed by atoms with Gasteiger partial charge < -0.3 is 10.6 Å². The summed E-state index contributed by atoms with van der Waals surface area (Å²) in [6, 6.07) is 14.4. The molecule has 1 atom stereocenters. The van der Waals surface area contributed by atoms with Crippen molar-refractivity contribution >= 4 is 27.5 Å². The third-order valence-electron chi connectivity index (χ3n) is 5.60. The Kier molecular flexibility index (Phi) is 8.63. The molecule has 1 saturated heterocycles. The Morgan fingerprint density at radius 3 is 2.24 bits per heavy atom. The first-order valence-electron chi connectivity index (χ1n) is 11.5. The van der Waals surface area contributed by atoms with Crippen LogP contribution in [0.4, 0.5) is 5.69 Å². The minimum atomic E-state index is -3.64. The fourth-order valence-electron chi connectivity index (χ4n) is 3.92. The van der Waals surface area contributed by atoms with Gasteiger partial charge in [-0.05, 0) is 42.5 Å². The maximum absolute atomic E-state index is 13.2. The molecule has 0 bridgehead atoms. The molecule has 0 spiro atoms. The summed E-state index contributed by atoms with van der Waals surface area (Å²) in [4.78, 5) is 25.7. The van der Waals surface area contributed by atoms with Crippen molar-refractivity contribution in [2.24, 2.45) is 5.92 Å². The smallest absolute Gasteiger partial charge is 0.251 e. The quantitative estimate of drug-likeness (QED) is 0.606. The molecule has 0 aromatic heterocycles. The predicted octanol–water partition coefficient (Wildman–Crippen LogP) is 4.09. The highest BCUT2D eigenvalue weighted by Gasteiger charge is 2.27. The molecule has 2 aromatic carbocycles. The van der Waals surface area contributed by atoms with Gasteiger partial charge in [-0.3, -0.25) is 9.59 Å². The summed E-state index contributed by atoms with van der Waals surface area (Å²) in [7, 11) is -3.64. The largest absolute Gasteiger partial charge is 0.341 e. The van der Waals surface area contributed by atoms with Crippen LogP contribution in [0, 0.1) is 5.92 Å². The second-order valence-corrected chi connectivity index (χ2v) is 10.8. The van der Waals surface area contributed by atoms with Crippen molar-refractivity contribution < 1.29 is 18.0 Å². The van der Waals surface area contributed by atoms with Crippen LogP contribution < -0.4 is 10.6 Å². The molecule has 1 aliphatic rings. The van der Waals surface area contributed by atoms with E-state index in [1.807, 2.05) is 19.9 Å². The summed E-state index contributed by atoms with van der Waals surface area (Å²) in [5, 5.41) is 5.60. The SMILES string of the molecule is CC(C)CC(=O)NC(C(=O)Nc1cccc(S(=O)(=O)N2CCCCCC2)c1)c1ccccc1. The van der Waals surface area contributed by atoms with Gasteiger partial charge in [0.05, 0.1) is 4.90 Å².